The maximum absolute atomic E-state index is 12.5. The molecular weight excluding hydrogens is 428 g/mol. The fourth-order valence-electron chi connectivity index (χ4n) is 2.04. The number of amides is 1. The minimum atomic E-state index is -0.373. The van der Waals surface area contributed by atoms with Crippen molar-refractivity contribution in [2.75, 3.05) is 19.0 Å². The smallest absolute Gasteiger partial charge is 0.261 e. The van der Waals surface area contributed by atoms with Crippen molar-refractivity contribution in [2.24, 2.45) is 0 Å². The summed E-state index contributed by atoms with van der Waals surface area (Å²) in [5.74, 6) is 0.665. The Hall–Kier alpha value is -1.83. The third-order valence-corrected chi connectivity index (χ3v) is 4.12. The standard InChI is InChI=1S/C17H16BrClN2O3S/c1-3-24-14-6-4-10(18)8-12(14)16(22)21-17(25)20-11-5-7-15(23-2)13(19)9-11/h4-9H,3H2,1-2H3,(H2,20,21,22,25). The molecule has 0 atom stereocenters. The molecular formula is C17H16BrClN2O3S. The summed E-state index contributed by atoms with van der Waals surface area (Å²) in [5.41, 5.74) is 1.02. The summed E-state index contributed by atoms with van der Waals surface area (Å²) in [6.45, 7) is 2.30. The molecule has 0 bridgehead atoms. The van der Waals surface area contributed by atoms with Gasteiger partial charge in [-0.15, -0.1) is 0 Å². The summed E-state index contributed by atoms with van der Waals surface area (Å²) in [5, 5.41) is 6.12. The van der Waals surface area contributed by atoms with E-state index in [1.807, 2.05) is 6.92 Å². The Kier molecular flexibility index (Phi) is 7.04. The van der Waals surface area contributed by atoms with Gasteiger partial charge in [-0.25, -0.2) is 0 Å². The second-order valence-electron chi connectivity index (χ2n) is 4.83. The topological polar surface area (TPSA) is 59.6 Å². The molecule has 25 heavy (non-hydrogen) atoms. The monoisotopic (exact) mass is 442 g/mol. The molecule has 0 heterocycles. The van der Waals surface area contributed by atoms with Gasteiger partial charge in [0, 0.05) is 10.2 Å². The third-order valence-electron chi connectivity index (χ3n) is 3.12. The maximum atomic E-state index is 12.5. The molecule has 0 unspecified atom stereocenters. The molecule has 1 amide bonds. The molecule has 0 aromatic heterocycles. The molecule has 0 aliphatic carbocycles. The quantitative estimate of drug-likeness (QED) is 0.660. The van der Waals surface area contributed by atoms with Gasteiger partial charge in [-0.1, -0.05) is 27.5 Å². The van der Waals surface area contributed by atoms with Crippen LogP contribution in [0.2, 0.25) is 5.02 Å². The molecule has 0 saturated carbocycles. The summed E-state index contributed by atoms with van der Waals surface area (Å²) >= 11 is 14.6. The Bertz CT molecular complexity index is 801. The average Bonchev–Trinajstić information content (AvgIpc) is 2.56. The number of thiocarbonyl (C=S) groups is 1. The molecule has 8 heteroatoms. The van der Waals surface area contributed by atoms with Crippen molar-refractivity contribution in [1.82, 2.24) is 5.32 Å². The highest BCUT2D eigenvalue weighted by molar-refractivity contribution is 9.10. The lowest BCUT2D eigenvalue weighted by Crippen LogP contribution is -2.34. The Morgan fingerprint density at radius 1 is 1.24 bits per heavy atom. The first-order valence-electron chi connectivity index (χ1n) is 7.32. The van der Waals surface area contributed by atoms with Crippen molar-refractivity contribution in [3.8, 4) is 11.5 Å². The Labute approximate surface area is 164 Å². The predicted octanol–water partition coefficient (Wildman–Crippen LogP) is 4.64. The highest BCUT2D eigenvalue weighted by Crippen LogP contribution is 2.27. The number of carbonyl (C=O) groups excluding carboxylic acids is 1. The third kappa shape index (κ3) is 5.32. The molecule has 2 N–H and O–H groups in total. The van der Waals surface area contributed by atoms with E-state index in [-0.39, 0.29) is 11.0 Å². The first-order chi connectivity index (χ1) is 11.9. The van der Waals surface area contributed by atoms with Gasteiger partial charge < -0.3 is 14.8 Å². The first kappa shape index (κ1) is 19.5. The van der Waals surface area contributed by atoms with Gasteiger partial charge in [-0.2, -0.15) is 0 Å². The molecule has 5 nitrogen and oxygen atoms in total. The molecule has 0 saturated heterocycles. The zero-order valence-electron chi connectivity index (χ0n) is 13.6. The summed E-state index contributed by atoms with van der Waals surface area (Å²) in [6, 6.07) is 10.3. The highest BCUT2D eigenvalue weighted by Gasteiger charge is 2.15. The lowest BCUT2D eigenvalue weighted by molar-refractivity contribution is 0.0974. The normalized spacial score (nSPS) is 10.1. The molecule has 0 spiro atoms. The molecule has 0 aliphatic rings. The van der Waals surface area contributed by atoms with Crippen molar-refractivity contribution in [1.29, 1.82) is 0 Å². The van der Waals surface area contributed by atoms with E-state index in [0.29, 0.717) is 34.4 Å². The van der Waals surface area contributed by atoms with Gasteiger partial charge in [0.2, 0.25) is 0 Å². The zero-order chi connectivity index (χ0) is 18.4. The lowest BCUT2D eigenvalue weighted by atomic mass is 10.2. The molecule has 132 valence electrons. The van der Waals surface area contributed by atoms with E-state index in [1.165, 1.54) is 7.11 Å². The van der Waals surface area contributed by atoms with E-state index in [2.05, 4.69) is 26.6 Å². The number of hydrogen-bond acceptors (Lipinski definition) is 4. The number of rotatable bonds is 5. The maximum Gasteiger partial charge on any atom is 0.261 e. The van der Waals surface area contributed by atoms with Crippen LogP contribution in [-0.2, 0) is 0 Å². The number of methoxy groups -OCH3 is 1. The van der Waals surface area contributed by atoms with Crippen molar-refractivity contribution in [3.05, 3.63) is 51.5 Å². The van der Waals surface area contributed by atoms with Crippen LogP contribution < -0.4 is 20.1 Å². The molecule has 2 aromatic carbocycles. The van der Waals surface area contributed by atoms with Crippen molar-refractivity contribution >= 4 is 56.5 Å². The summed E-state index contributed by atoms with van der Waals surface area (Å²) in [6.07, 6.45) is 0. The number of carbonyl (C=O) groups is 1. The number of benzene rings is 2. The van der Waals surface area contributed by atoms with Crippen LogP contribution in [0.15, 0.2) is 40.9 Å². The van der Waals surface area contributed by atoms with Crippen LogP contribution in [-0.4, -0.2) is 24.7 Å². The molecule has 0 fully saturated rings. The van der Waals surface area contributed by atoms with Crippen LogP contribution in [0.1, 0.15) is 17.3 Å². The molecule has 2 aromatic rings. The Morgan fingerprint density at radius 3 is 2.60 bits per heavy atom. The van der Waals surface area contributed by atoms with E-state index >= 15 is 0 Å². The minimum Gasteiger partial charge on any atom is -0.495 e. The van der Waals surface area contributed by atoms with E-state index < -0.39 is 0 Å². The molecule has 0 aliphatic heterocycles. The second-order valence-corrected chi connectivity index (χ2v) is 6.56. The van der Waals surface area contributed by atoms with Gasteiger partial charge in [0.1, 0.15) is 11.5 Å². The van der Waals surface area contributed by atoms with Gasteiger partial charge >= 0.3 is 0 Å². The van der Waals surface area contributed by atoms with Crippen LogP contribution in [0, 0.1) is 0 Å². The van der Waals surface area contributed by atoms with E-state index in [9.17, 15) is 4.79 Å². The van der Waals surface area contributed by atoms with Gasteiger partial charge in [-0.05, 0) is 55.5 Å². The highest BCUT2D eigenvalue weighted by atomic mass is 79.9. The van der Waals surface area contributed by atoms with Crippen LogP contribution in [0.3, 0.4) is 0 Å². The van der Waals surface area contributed by atoms with Gasteiger partial charge in [-0.3, -0.25) is 10.1 Å². The minimum absolute atomic E-state index is 0.147. The van der Waals surface area contributed by atoms with Crippen molar-refractivity contribution < 1.29 is 14.3 Å². The number of anilines is 1. The van der Waals surface area contributed by atoms with Crippen LogP contribution in [0.4, 0.5) is 5.69 Å². The van der Waals surface area contributed by atoms with Gasteiger partial charge in [0.15, 0.2) is 5.11 Å². The number of nitrogens with one attached hydrogen (secondary N) is 2. The SMILES string of the molecule is CCOc1ccc(Br)cc1C(=O)NC(=S)Nc1ccc(OC)c(Cl)c1. The summed E-state index contributed by atoms with van der Waals surface area (Å²) in [7, 11) is 1.53. The van der Waals surface area contributed by atoms with E-state index in [0.717, 1.165) is 4.47 Å². The Morgan fingerprint density at radius 2 is 1.96 bits per heavy atom. The number of hydrogen-bond donors (Lipinski definition) is 2. The van der Waals surface area contributed by atoms with Crippen LogP contribution in [0.5, 0.6) is 11.5 Å². The van der Waals surface area contributed by atoms with E-state index in [4.69, 9.17) is 33.3 Å². The molecule has 2 rings (SSSR count). The lowest BCUT2D eigenvalue weighted by Gasteiger charge is -2.13. The van der Waals surface area contributed by atoms with E-state index in [1.54, 1.807) is 36.4 Å². The Balaban J connectivity index is 2.09. The van der Waals surface area contributed by atoms with Crippen molar-refractivity contribution in [3.63, 3.8) is 0 Å². The number of ether oxygens (including phenoxy) is 2. The van der Waals surface area contributed by atoms with Crippen LogP contribution in [0.25, 0.3) is 0 Å². The van der Waals surface area contributed by atoms with Crippen LogP contribution >= 0.6 is 39.7 Å². The second kappa shape index (κ2) is 9.03. The largest absolute Gasteiger partial charge is 0.495 e. The summed E-state index contributed by atoms with van der Waals surface area (Å²) in [4.78, 5) is 12.5. The zero-order valence-corrected chi connectivity index (χ0v) is 16.7. The van der Waals surface area contributed by atoms with Gasteiger partial charge in [0.05, 0.1) is 24.3 Å². The fraction of sp³-hybridized carbons (Fsp3) is 0.176. The van der Waals surface area contributed by atoms with Crippen molar-refractivity contribution in [2.45, 2.75) is 6.92 Å². The average molecular weight is 444 g/mol. The first-order valence-corrected chi connectivity index (χ1v) is 8.90. The predicted molar refractivity (Wildman–Crippen MR) is 107 cm³/mol. The fourth-order valence-corrected chi connectivity index (χ4v) is 2.87. The molecule has 0 radical (unpaired) electrons. The number of halogens is 2. The summed E-state index contributed by atoms with van der Waals surface area (Å²) < 4.78 is 11.3. The van der Waals surface area contributed by atoms with Gasteiger partial charge in [0.25, 0.3) is 5.91 Å².